The van der Waals surface area contributed by atoms with Crippen LogP contribution in [0.3, 0.4) is 0 Å². The molecular weight excluding hydrogens is 214 g/mol. The number of hydrogen-bond acceptors (Lipinski definition) is 5. The van der Waals surface area contributed by atoms with Crippen LogP contribution in [0.2, 0.25) is 0 Å². The van der Waals surface area contributed by atoms with Crippen LogP contribution in [-0.4, -0.2) is 41.3 Å². The molecule has 0 amide bonds. The lowest BCUT2D eigenvalue weighted by Gasteiger charge is -2.23. The summed E-state index contributed by atoms with van der Waals surface area (Å²) in [7, 11) is 2.20. The highest BCUT2D eigenvalue weighted by Gasteiger charge is 2.18. The maximum atomic E-state index is 5.48. The van der Waals surface area contributed by atoms with Crippen molar-refractivity contribution in [3.63, 3.8) is 0 Å². The number of nitrogens with zero attached hydrogens (tertiary/aromatic N) is 3. The van der Waals surface area contributed by atoms with Crippen LogP contribution in [0, 0.1) is 0 Å². The van der Waals surface area contributed by atoms with Gasteiger partial charge in [0.05, 0.1) is 0 Å². The summed E-state index contributed by atoms with van der Waals surface area (Å²) in [6, 6.07) is 4.39. The highest BCUT2D eigenvalue weighted by Crippen LogP contribution is 2.21. The molecule has 5 heteroatoms. The molecule has 0 radical (unpaired) electrons. The maximum absolute atomic E-state index is 5.48. The highest BCUT2D eigenvalue weighted by atomic mass is 15.2. The molecule has 3 N–H and O–H groups in total. The smallest absolute Gasteiger partial charge is 0.148 e. The van der Waals surface area contributed by atoms with Gasteiger partial charge in [0.1, 0.15) is 11.6 Å². The minimum absolute atomic E-state index is 0.457. The van der Waals surface area contributed by atoms with Gasteiger partial charge in [0.15, 0.2) is 0 Å². The van der Waals surface area contributed by atoms with Crippen LogP contribution in [0.4, 0.5) is 11.6 Å². The quantitative estimate of drug-likeness (QED) is 0.806. The molecule has 17 heavy (non-hydrogen) atoms. The molecule has 0 saturated heterocycles. The molecule has 1 heterocycles. The molecule has 0 aliphatic heterocycles. The molecule has 1 fully saturated rings. The summed E-state index contributed by atoms with van der Waals surface area (Å²) in [5, 5.41) is 11.0. The van der Waals surface area contributed by atoms with Crippen molar-refractivity contribution >= 4 is 11.6 Å². The van der Waals surface area contributed by atoms with E-state index in [-0.39, 0.29) is 0 Å². The Hall–Kier alpha value is -1.36. The zero-order chi connectivity index (χ0) is 12.1. The molecule has 1 aromatic rings. The van der Waals surface area contributed by atoms with Crippen molar-refractivity contribution in [1.29, 1.82) is 0 Å². The number of nitrogen functional groups attached to an aromatic ring is 1. The second kappa shape index (κ2) is 5.82. The Morgan fingerprint density at radius 2 is 2.12 bits per heavy atom. The monoisotopic (exact) mass is 235 g/mol. The summed E-state index contributed by atoms with van der Waals surface area (Å²) < 4.78 is 0. The van der Waals surface area contributed by atoms with E-state index in [1.807, 2.05) is 6.07 Å². The number of likely N-dealkylation sites (N-methyl/N-ethyl adjacent to an activating group) is 1. The maximum Gasteiger partial charge on any atom is 0.148 e. The first-order valence-electron chi connectivity index (χ1n) is 6.29. The van der Waals surface area contributed by atoms with Gasteiger partial charge in [0.2, 0.25) is 0 Å². The van der Waals surface area contributed by atoms with E-state index < -0.39 is 0 Å². The van der Waals surface area contributed by atoms with Gasteiger partial charge in [-0.3, -0.25) is 0 Å². The average molecular weight is 235 g/mol. The first kappa shape index (κ1) is 12.1. The number of anilines is 2. The Kier molecular flexibility index (Phi) is 4.14. The third-order valence-corrected chi connectivity index (χ3v) is 3.40. The van der Waals surface area contributed by atoms with E-state index in [0.29, 0.717) is 5.82 Å². The van der Waals surface area contributed by atoms with Gasteiger partial charge in [-0.2, -0.15) is 0 Å². The van der Waals surface area contributed by atoms with Gasteiger partial charge in [-0.15, -0.1) is 10.2 Å². The van der Waals surface area contributed by atoms with Crippen LogP contribution in [0.25, 0.3) is 0 Å². The van der Waals surface area contributed by atoms with E-state index >= 15 is 0 Å². The normalized spacial score (nSPS) is 16.6. The molecule has 1 aliphatic carbocycles. The van der Waals surface area contributed by atoms with Gasteiger partial charge in [-0.05, 0) is 32.0 Å². The fourth-order valence-corrected chi connectivity index (χ4v) is 2.32. The van der Waals surface area contributed by atoms with E-state index in [1.54, 1.807) is 6.07 Å². The Balaban J connectivity index is 1.70. The van der Waals surface area contributed by atoms with Crippen molar-refractivity contribution < 1.29 is 0 Å². The van der Waals surface area contributed by atoms with Crippen molar-refractivity contribution in [3.05, 3.63) is 12.1 Å². The molecule has 0 unspecified atom stereocenters. The van der Waals surface area contributed by atoms with Gasteiger partial charge < -0.3 is 16.0 Å². The van der Waals surface area contributed by atoms with Crippen LogP contribution in [-0.2, 0) is 0 Å². The van der Waals surface area contributed by atoms with Gasteiger partial charge in [-0.1, -0.05) is 12.8 Å². The van der Waals surface area contributed by atoms with Crippen LogP contribution in [0.1, 0.15) is 25.7 Å². The second-order valence-electron chi connectivity index (χ2n) is 4.69. The van der Waals surface area contributed by atoms with E-state index in [0.717, 1.165) is 24.9 Å². The fraction of sp³-hybridized carbons (Fsp3) is 0.667. The molecule has 1 aliphatic rings. The summed E-state index contributed by atoms with van der Waals surface area (Å²) >= 11 is 0. The van der Waals surface area contributed by atoms with Crippen molar-refractivity contribution in [2.75, 3.05) is 31.2 Å². The van der Waals surface area contributed by atoms with Crippen LogP contribution in [0.5, 0.6) is 0 Å². The minimum Gasteiger partial charge on any atom is -0.382 e. The standard InChI is InChI=1S/C12H21N5/c1-17(10-4-2-3-5-10)9-8-14-12-7-6-11(13)15-16-12/h6-7,10H,2-5,8-9H2,1H3,(H2,13,15)(H,14,16). The average Bonchev–Trinajstić information content (AvgIpc) is 2.85. The lowest BCUT2D eigenvalue weighted by molar-refractivity contribution is 0.254. The molecule has 0 aromatic carbocycles. The molecule has 5 nitrogen and oxygen atoms in total. The first-order valence-corrected chi connectivity index (χ1v) is 6.29. The van der Waals surface area contributed by atoms with Crippen molar-refractivity contribution in [2.24, 2.45) is 0 Å². The van der Waals surface area contributed by atoms with Crippen LogP contribution >= 0.6 is 0 Å². The number of rotatable bonds is 5. The molecular formula is C12H21N5. The SMILES string of the molecule is CN(CCNc1ccc(N)nn1)C1CCCC1. The lowest BCUT2D eigenvalue weighted by atomic mass is 10.2. The van der Waals surface area contributed by atoms with E-state index in [2.05, 4.69) is 27.5 Å². The summed E-state index contributed by atoms with van der Waals surface area (Å²) in [5.74, 6) is 1.25. The zero-order valence-electron chi connectivity index (χ0n) is 10.4. The van der Waals surface area contributed by atoms with Crippen molar-refractivity contribution in [2.45, 2.75) is 31.7 Å². The van der Waals surface area contributed by atoms with Gasteiger partial charge in [0.25, 0.3) is 0 Å². The number of aromatic nitrogens is 2. The first-order chi connectivity index (χ1) is 8.25. The van der Waals surface area contributed by atoms with E-state index in [9.17, 15) is 0 Å². The van der Waals surface area contributed by atoms with E-state index in [4.69, 9.17) is 5.73 Å². The molecule has 1 saturated carbocycles. The van der Waals surface area contributed by atoms with Gasteiger partial charge >= 0.3 is 0 Å². The summed E-state index contributed by atoms with van der Waals surface area (Å²) in [6.07, 6.45) is 5.45. The van der Waals surface area contributed by atoms with Crippen molar-refractivity contribution in [1.82, 2.24) is 15.1 Å². The molecule has 1 aromatic heterocycles. The number of nitrogens with one attached hydrogen (secondary N) is 1. The van der Waals surface area contributed by atoms with Crippen LogP contribution in [0.15, 0.2) is 12.1 Å². The van der Waals surface area contributed by atoms with E-state index in [1.165, 1.54) is 25.7 Å². The number of hydrogen-bond donors (Lipinski definition) is 2. The van der Waals surface area contributed by atoms with Gasteiger partial charge in [0, 0.05) is 19.1 Å². The summed E-state index contributed by atoms with van der Waals surface area (Å²) in [5.41, 5.74) is 5.48. The molecule has 2 rings (SSSR count). The summed E-state index contributed by atoms with van der Waals surface area (Å²) in [4.78, 5) is 2.44. The summed E-state index contributed by atoms with van der Waals surface area (Å²) in [6.45, 7) is 1.93. The van der Waals surface area contributed by atoms with Gasteiger partial charge in [-0.25, -0.2) is 0 Å². The Morgan fingerprint density at radius 3 is 2.76 bits per heavy atom. The second-order valence-corrected chi connectivity index (χ2v) is 4.69. The third-order valence-electron chi connectivity index (χ3n) is 3.40. The molecule has 0 bridgehead atoms. The predicted molar refractivity (Wildman–Crippen MR) is 69.8 cm³/mol. The third kappa shape index (κ3) is 3.56. The minimum atomic E-state index is 0.457. The predicted octanol–water partition coefficient (Wildman–Crippen LogP) is 1.35. The number of nitrogens with two attached hydrogens (primary N) is 1. The van der Waals surface area contributed by atoms with Crippen molar-refractivity contribution in [3.8, 4) is 0 Å². The largest absolute Gasteiger partial charge is 0.382 e. The fourth-order valence-electron chi connectivity index (χ4n) is 2.32. The molecule has 94 valence electrons. The highest BCUT2D eigenvalue weighted by molar-refractivity contribution is 5.38. The lowest BCUT2D eigenvalue weighted by Crippen LogP contribution is -2.33. The Morgan fingerprint density at radius 1 is 1.35 bits per heavy atom. The Labute approximate surface area is 102 Å². The zero-order valence-corrected chi connectivity index (χ0v) is 10.4. The Bertz CT molecular complexity index is 331. The molecule has 0 atom stereocenters. The molecule has 0 spiro atoms. The van der Waals surface area contributed by atoms with Crippen LogP contribution < -0.4 is 11.1 Å². The topological polar surface area (TPSA) is 67.1 Å².